The number of hydrogen-bond donors (Lipinski definition) is 2. The average Bonchev–Trinajstić information content (AvgIpc) is 3.91. The number of nitro groups is 1. The lowest BCUT2D eigenvalue weighted by Crippen LogP contribution is -2.47. The molecule has 338 valence electrons. The van der Waals surface area contributed by atoms with E-state index in [2.05, 4.69) is 43.2 Å². The number of piperazine rings is 1. The van der Waals surface area contributed by atoms with Gasteiger partial charge in [0.25, 0.3) is 15.9 Å². The van der Waals surface area contributed by atoms with Crippen molar-refractivity contribution in [3.63, 3.8) is 0 Å². The highest BCUT2D eigenvalue weighted by molar-refractivity contribution is 7.90. The molecule has 2 saturated heterocycles. The van der Waals surface area contributed by atoms with E-state index in [1.165, 1.54) is 23.9 Å². The monoisotopic (exact) mass is 901 g/mol. The van der Waals surface area contributed by atoms with Crippen molar-refractivity contribution in [2.24, 2.45) is 11.3 Å². The molecule has 64 heavy (non-hydrogen) atoms. The third kappa shape index (κ3) is 10.2. The number of anilines is 1. The summed E-state index contributed by atoms with van der Waals surface area (Å²) in [6, 6.07) is 17.2. The fourth-order valence-electron chi connectivity index (χ4n) is 8.72. The molecule has 2 fully saturated rings. The van der Waals surface area contributed by atoms with Crippen molar-refractivity contribution in [2.45, 2.75) is 50.6 Å². The number of aromatic nitrogens is 2. The molecule has 0 saturated carbocycles. The molecule has 8 rings (SSSR count). The van der Waals surface area contributed by atoms with E-state index in [4.69, 9.17) is 9.47 Å². The molecule has 4 heterocycles. The number of benzene rings is 3. The van der Waals surface area contributed by atoms with Crippen LogP contribution in [0.5, 0.6) is 17.2 Å². The van der Waals surface area contributed by atoms with E-state index in [1.807, 2.05) is 13.1 Å². The maximum Gasteiger partial charge on any atom is 0.416 e. The number of allylic oxidation sites excluding steroid dienone is 1. The van der Waals surface area contributed by atoms with Gasteiger partial charge in [-0.05, 0) is 104 Å². The number of aromatic amines is 1. The van der Waals surface area contributed by atoms with Crippen LogP contribution in [0.15, 0.2) is 95.7 Å². The third-order valence-corrected chi connectivity index (χ3v) is 13.7. The van der Waals surface area contributed by atoms with Crippen LogP contribution < -0.4 is 19.1 Å². The molecule has 18 heteroatoms. The topological polar surface area (TPSA) is 163 Å². The summed E-state index contributed by atoms with van der Waals surface area (Å²) < 4.78 is 81.5. The molecular formula is C46H50F3N7O7S. The van der Waals surface area contributed by atoms with Gasteiger partial charge in [0.1, 0.15) is 17.1 Å². The van der Waals surface area contributed by atoms with Gasteiger partial charge in [-0.2, -0.15) is 13.2 Å². The first-order chi connectivity index (χ1) is 30.4. The molecule has 14 nitrogen and oxygen atoms in total. The number of nitrogens with one attached hydrogen (secondary N) is 2. The highest BCUT2D eigenvalue weighted by atomic mass is 32.2. The minimum absolute atomic E-state index is 0.0183. The van der Waals surface area contributed by atoms with Gasteiger partial charge >= 0.3 is 11.9 Å². The zero-order valence-electron chi connectivity index (χ0n) is 35.8. The zero-order chi connectivity index (χ0) is 45.4. The second-order valence-electron chi connectivity index (χ2n) is 17.7. The Balaban J connectivity index is 1.000. The Morgan fingerprint density at radius 2 is 1.77 bits per heavy atom. The normalized spacial score (nSPS) is 18.7. The van der Waals surface area contributed by atoms with Crippen molar-refractivity contribution in [3.05, 3.63) is 118 Å². The Morgan fingerprint density at radius 1 is 1.00 bits per heavy atom. The molecular weight excluding hydrogens is 852 g/mol. The first-order valence-corrected chi connectivity index (χ1v) is 22.7. The van der Waals surface area contributed by atoms with Crippen molar-refractivity contribution in [1.29, 1.82) is 0 Å². The van der Waals surface area contributed by atoms with E-state index < -0.39 is 43.2 Å². The number of carbonyl (C=O) groups is 1. The highest BCUT2D eigenvalue weighted by Crippen LogP contribution is 2.44. The predicted molar refractivity (Wildman–Crippen MR) is 236 cm³/mol. The van der Waals surface area contributed by atoms with Crippen LogP contribution in [0.1, 0.15) is 61.0 Å². The van der Waals surface area contributed by atoms with Crippen molar-refractivity contribution < 1.29 is 40.8 Å². The van der Waals surface area contributed by atoms with Gasteiger partial charge in [0.05, 0.1) is 33.7 Å². The molecule has 1 unspecified atom stereocenters. The van der Waals surface area contributed by atoms with Crippen LogP contribution in [0.25, 0.3) is 16.6 Å². The number of nitro benzene ring substituents is 1. The van der Waals surface area contributed by atoms with E-state index in [9.17, 15) is 36.5 Å². The minimum atomic E-state index is -4.62. The molecule has 3 aliphatic rings. The van der Waals surface area contributed by atoms with E-state index in [0.717, 1.165) is 85.2 Å². The number of rotatable bonds is 13. The summed E-state index contributed by atoms with van der Waals surface area (Å²) in [7, 11) is -2.64. The summed E-state index contributed by atoms with van der Waals surface area (Å²) in [5.74, 6) is -0.537. The number of fused-ring (bicyclic) bond motifs is 1. The van der Waals surface area contributed by atoms with Gasteiger partial charge in [-0.1, -0.05) is 31.6 Å². The lowest BCUT2D eigenvalue weighted by atomic mass is 9.72. The molecule has 1 aliphatic carbocycles. The molecule has 2 N–H and O–H groups in total. The van der Waals surface area contributed by atoms with Crippen LogP contribution in [0, 0.1) is 21.4 Å². The smallest absolute Gasteiger partial charge is 0.416 e. The van der Waals surface area contributed by atoms with Crippen molar-refractivity contribution >= 4 is 43.9 Å². The van der Waals surface area contributed by atoms with Gasteiger partial charge in [0.15, 0.2) is 5.75 Å². The number of pyridine rings is 1. The Bertz CT molecular complexity index is 2700. The summed E-state index contributed by atoms with van der Waals surface area (Å²) in [4.78, 5) is 38.8. The zero-order valence-corrected chi connectivity index (χ0v) is 36.6. The maximum absolute atomic E-state index is 13.9. The predicted octanol–water partition coefficient (Wildman–Crippen LogP) is 8.52. The van der Waals surface area contributed by atoms with Crippen LogP contribution in [-0.2, 0) is 16.2 Å². The molecule has 3 aromatic carbocycles. The van der Waals surface area contributed by atoms with Crippen LogP contribution >= 0.6 is 0 Å². The number of H-pyrrole nitrogens is 1. The first kappa shape index (κ1) is 44.6. The standard InChI is InChI=1S/C46H50F3N7O7S/c1-45(2)15-12-33(39(25-45)31-4-6-34(7-5-31)46(47,48)49)28-54-18-20-55(21-19-54)35-8-10-38(42(23-35)63-36-22-32-13-16-50-43(32)51-26-36)44(57)52-64(60,61)37-9-11-41(40(24-37)56(58)59)62-29-30-14-17-53(3)27-30/h4-11,13,16,22-24,26,30H,12,14-15,17-21,25,27-29H2,1-3H3,(H,50,51)(H,52,57). The molecule has 0 radical (unpaired) electrons. The number of likely N-dealkylation sites (tertiary alicyclic amines) is 1. The van der Waals surface area contributed by atoms with E-state index in [0.29, 0.717) is 44.1 Å². The van der Waals surface area contributed by atoms with Crippen LogP contribution in [0.3, 0.4) is 0 Å². The number of carbonyl (C=O) groups excluding carboxylic acids is 1. The lowest BCUT2D eigenvalue weighted by molar-refractivity contribution is -0.386. The fourth-order valence-corrected chi connectivity index (χ4v) is 9.71. The summed E-state index contributed by atoms with van der Waals surface area (Å²) in [6.07, 6.45) is 2.27. The van der Waals surface area contributed by atoms with Gasteiger partial charge in [0.2, 0.25) is 0 Å². The van der Waals surface area contributed by atoms with Crippen molar-refractivity contribution in [1.82, 2.24) is 24.5 Å². The van der Waals surface area contributed by atoms with Crippen LogP contribution in [0.2, 0.25) is 0 Å². The molecule has 2 aliphatic heterocycles. The molecule has 5 aromatic rings. The number of halogens is 3. The lowest BCUT2D eigenvalue weighted by Gasteiger charge is -2.39. The highest BCUT2D eigenvalue weighted by Gasteiger charge is 2.33. The number of sulfonamides is 1. The number of ether oxygens (including phenoxy) is 2. The maximum atomic E-state index is 13.9. The Kier molecular flexibility index (Phi) is 12.5. The van der Waals surface area contributed by atoms with Crippen molar-refractivity contribution in [2.75, 3.05) is 64.4 Å². The molecule has 2 aromatic heterocycles. The Labute approximate surface area is 369 Å². The number of hydrogen-bond acceptors (Lipinski definition) is 11. The summed E-state index contributed by atoms with van der Waals surface area (Å²) >= 11 is 0. The summed E-state index contributed by atoms with van der Waals surface area (Å²) in [5, 5.41) is 12.8. The summed E-state index contributed by atoms with van der Waals surface area (Å²) in [5.41, 5.74) is 3.21. The molecule has 0 bridgehead atoms. The largest absolute Gasteiger partial charge is 0.486 e. The van der Waals surface area contributed by atoms with E-state index >= 15 is 0 Å². The molecule has 1 amide bonds. The quantitative estimate of drug-likeness (QED) is 0.0861. The van der Waals surface area contributed by atoms with Gasteiger partial charge in [-0.25, -0.2) is 18.1 Å². The Hall–Kier alpha value is -5.98. The van der Waals surface area contributed by atoms with Gasteiger partial charge < -0.3 is 24.3 Å². The Morgan fingerprint density at radius 3 is 2.47 bits per heavy atom. The fraction of sp³-hybridized carbons (Fsp3) is 0.391. The number of alkyl halides is 3. The second kappa shape index (κ2) is 17.9. The molecule has 1 atom stereocenters. The average molecular weight is 902 g/mol. The van der Waals surface area contributed by atoms with Crippen molar-refractivity contribution in [3.8, 4) is 17.2 Å². The van der Waals surface area contributed by atoms with Crippen LogP contribution in [-0.4, -0.2) is 98.5 Å². The number of amides is 1. The number of nitrogens with zero attached hydrogens (tertiary/aromatic N) is 5. The van der Waals surface area contributed by atoms with Gasteiger partial charge in [0, 0.05) is 74.6 Å². The van der Waals surface area contributed by atoms with Gasteiger partial charge in [-0.3, -0.25) is 19.8 Å². The van der Waals surface area contributed by atoms with Gasteiger partial charge in [-0.15, -0.1) is 0 Å². The molecule has 0 spiro atoms. The SMILES string of the molecule is CN1CCC(COc2ccc(S(=O)(=O)NC(=O)c3ccc(N4CCN(CC5=C(c6ccc(C(F)(F)F)cc6)CC(C)(C)CC5)CC4)cc3Oc3cnc4[nH]ccc4c3)cc2[N+](=O)[O-])C1. The van der Waals surface area contributed by atoms with E-state index in [-0.39, 0.29) is 35.0 Å². The van der Waals surface area contributed by atoms with Crippen LogP contribution in [0.4, 0.5) is 24.5 Å². The third-order valence-electron chi connectivity index (χ3n) is 12.3. The summed E-state index contributed by atoms with van der Waals surface area (Å²) in [6.45, 7) is 9.57. The minimum Gasteiger partial charge on any atom is -0.486 e. The van der Waals surface area contributed by atoms with E-state index in [1.54, 1.807) is 36.5 Å². The first-order valence-electron chi connectivity index (χ1n) is 21.2. The second-order valence-corrected chi connectivity index (χ2v) is 19.4.